The first kappa shape index (κ1) is 20.8. The van der Waals surface area contributed by atoms with E-state index in [-0.39, 0.29) is 5.91 Å². The van der Waals surface area contributed by atoms with Crippen LogP contribution in [0, 0.1) is 9.49 Å². The molecule has 2 aromatic carbocycles. The molecule has 1 aliphatic rings. The molecule has 0 radical (unpaired) electrons. The molecule has 1 saturated carbocycles. The lowest BCUT2D eigenvalue weighted by Gasteiger charge is -2.14. The number of aromatic nitrogens is 2. The Morgan fingerprint density at radius 1 is 1.07 bits per heavy atom. The monoisotopic (exact) mass is 512 g/mol. The number of nitrogens with zero attached hydrogens (tertiary/aromatic N) is 2. The van der Waals surface area contributed by atoms with Crippen molar-refractivity contribution in [2.75, 3.05) is 11.1 Å². The molecule has 0 bridgehead atoms. The number of benzene rings is 2. The van der Waals surface area contributed by atoms with Gasteiger partial charge in [-0.3, -0.25) is 4.79 Å². The summed E-state index contributed by atoms with van der Waals surface area (Å²) < 4.78 is 1.15. The molecule has 0 aliphatic heterocycles. The molecular weight excluding hydrogens is 487 g/mol. The second-order valence-corrected chi connectivity index (χ2v) is 9.12. The maximum absolute atomic E-state index is 12.7. The number of rotatable bonds is 6. The van der Waals surface area contributed by atoms with Crippen LogP contribution in [0.4, 0.5) is 11.5 Å². The van der Waals surface area contributed by atoms with E-state index in [4.69, 9.17) is 10.7 Å². The van der Waals surface area contributed by atoms with Gasteiger partial charge in [0.05, 0.1) is 24.0 Å². The minimum absolute atomic E-state index is 0.0709. The molecule has 30 heavy (non-hydrogen) atoms. The van der Waals surface area contributed by atoms with Crippen molar-refractivity contribution >= 4 is 40.0 Å². The molecule has 1 aromatic heterocycles. The minimum Gasteiger partial charge on any atom is -0.399 e. The highest BCUT2D eigenvalue weighted by molar-refractivity contribution is 14.1. The number of hydrogen-bond donors (Lipinski definition) is 2. The van der Waals surface area contributed by atoms with Crippen LogP contribution in [-0.2, 0) is 17.6 Å². The van der Waals surface area contributed by atoms with Crippen molar-refractivity contribution < 1.29 is 4.79 Å². The Hall–Kier alpha value is -2.48. The van der Waals surface area contributed by atoms with Crippen LogP contribution in [0.15, 0.2) is 54.7 Å². The summed E-state index contributed by atoms with van der Waals surface area (Å²) in [6.07, 6.45) is 7.85. The van der Waals surface area contributed by atoms with Gasteiger partial charge in [0, 0.05) is 14.8 Å². The fraction of sp³-hybridized carbons (Fsp3) is 0.292. The van der Waals surface area contributed by atoms with Crippen molar-refractivity contribution in [1.82, 2.24) is 9.97 Å². The van der Waals surface area contributed by atoms with E-state index in [1.807, 2.05) is 48.5 Å². The molecule has 1 amide bonds. The topological polar surface area (TPSA) is 80.9 Å². The number of nitrogen functional groups attached to an aromatic ring is 1. The van der Waals surface area contributed by atoms with E-state index in [2.05, 4.69) is 32.9 Å². The van der Waals surface area contributed by atoms with E-state index in [1.54, 1.807) is 6.20 Å². The van der Waals surface area contributed by atoms with Crippen LogP contribution in [0.3, 0.4) is 0 Å². The summed E-state index contributed by atoms with van der Waals surface area (Å²) in [7, 11) is 0. The van der Waals surface area contributed by atoms with Crippen LogP contribution in [-0.4, -0.2) is 15.9 Å². The Morgan fingerprint density at radius 3 is 2.47 bits per heavy atom. The van der Waals surface area contributed by atoms with Crippen LogP contribution in [0.5, 0.6) is 0 Å². The minimum atomic E-state index is -0.0709. The van der Waals surface area contributed by atoms with Crippen LogP contribution < -0.4 is 11.1 Å². The van der Waals surface area contributed by atoms with E-state index < -0.39 is 0 Å². The van der Waals surface area contributed by atoms with Gasteiger partial charge in [-0.1, -0.05) is 49.9 Å². The fourth-order valence-electron chi connectivity index (χ4n) is 3.92. The van der Waals surface area contributed by atoms with Crippen molar-refractivity contribution in [3.63, 3.8) is 0 Å². The highest BCUT2D eigenvalue weighted by atomic mass is 127. The van der Waals surface area contributed by atoms with Gasteiger partial charge in [-0.2, -0.15) is 0 Å². The first-order valence-corrected chi connectivity index (χ1v) is 11.4. The lowest BCUT2D eigenvalue weighted by atomic mass is 10.0. The van der Waals surface area contributed by atoms with Gasteiger partial charge in [-0.25, -0.2) is 9.97 Å². The maximum atomic E-state index is 12.7. The quantitative estimate of drug-likeness (QED) is 0.350. The third-order valence-corrected chi connectivity index (χ3v) is 6.26. The zero-order valence-corrected chi connectivity index (χ0v) is 18.9. The Labute approximate surface area is 190 Å². The summed E-state index contributed by atoms with van der Waals surface area (Å²) in [5.74, 6) is 1.11. The molecule has 3 aromatic rings. The molecule has 1 fully saturated rings. The molecular formula is C24H25IN4O. The van der Waals surface area contributed by atoms with Crippen LogP contribution in [0.2, 0.25) is 0 Å². The molecule has 1 heterocycles. The Balaban J connectivity index is 1.56. The maximum Gasteiger partial charge on any atom is 0.229 e. The lowest BCUT2D eigenvalue weighted by molar-refractivity contribution is -0.115. The normalized spacial score (nSPS) is 14.0. The first-order valence-electron chi connectivity index (χ1n) is 10.3. The van der Waals surface area contributed by atoms with E-state index in [1.165, 1.54) is 25.7 Å². The van der Waals surface area contributed by atoms with Gasteiger partial charge in [-0.05, 0) is 64.8 Å². The molecule has 6 heteroatoms. The zero-order valence-electron chi connectivity index (χ0n) is 16.8. The third kappa shape index (κ3) is 5.36. The van der Waals surface area contributed by atoms with Gasteiger partial charge < -0.3 is 11.1 Å². The zero-order chi connectivity index (χ0) is 20.9. The highest BCUT2D eigenvalue weighted by Crippen LogP contribution is 2.30. The highest BCUT2D eigenvalue weighted by Gasteiger charge is 2.20. The standard InChI is InChI=1S/C24H25IN4O/c25-19-9-5-17(6-10-19)14-23(30)29-24-21(13-16-3-1-2-4-16)28-22(15-27-24)18-7-11-20(26)12-8-18/h5-12,15-16H,1-4,13-14,26H2,(H,27,29,30). The van der Waals surface area contributed by atoms with Crippen LogP contribution in [0.25, 0.3) is 11.3 Å². The number of nitrogens with two attached hydrogens (primary N) is 1. The molecule has 0 atom stereocenters. The third-order valence-electron chi connectivity index (χ3n) is 5.54. The summed E-state index contributed by atoms with van der Waals surface area (Å²) >= 11 is 2.26. The summed E-state index contributed by atoms with van der Waals surface area (Å²) in [6.45, 7) is 0. The van der Waals surface area contributed by atoms with Crippen molar-refractivity contribution in [3.8, 4) is 11.3 Å². The number of carbonyl (C=O) groups is 1. The van der Waals surface area contributed by atoms with E-state index in [0.29, 0.717) is 18.2 Å². The predicted molar refractivity (Wildman–Crippen MR) is 129 cm³/mol. The number of anilines is 2. The van der Waals surface area contributed by atoms with E-state index in [9.17, 15) is 4.79 Å². The molecule has 1 aliphatic carbocycles. The van der Waals surface area contributed by atoms with Gasteiger partial charge in [0.2, 0.25) is 5.91 Å². The summed E-state index contributed by atoms with van der Waals surface area (Å²) in [5.41, 5.74) is 10.2. The second kappa shape index (κ2) is 9.55. The summed E-state index contributed by atoms with van der Waals surface area (Å²) in [4.78, 5) is 22.1. The van der Waals surface area contributed by atoms with Gasteiger partial charge in [0.1, 0.15) is 0 Å². The van der Waals surface area contributed by atoms with Crippen molar-refractivity contribution in [3.05, 3.63) is 69.6 Å². The second-order valence-electron chi connectivity index (χ2n) is 7.88. The van der Waals surface area contributed by atoms with Crippen molar-refractivity contribution in [2.45, 2.75) is 38.5 Å². The molecule has 154 valence electrons. The molecule has 0 spiro atoms. The summed E-state index contributed by atoms with van der Waals surface area (Å²) in [6, 6.07) is 15.6. The average molecular weight is 512 g/mol. The Kier molecular flexibility index (Phi) is 6.62. The van der Waals surface area contributed by atoms with Gasteiger partial charge >= 0.3 is 0 Å². The van der Waals surface area contributed by atoms with Gasteiger partial charge in [-0.15, -0.1) is 0 Å². The van der Waals surface area contributed by atoms with Gasteiger partial charge in [0.15, 0.2) is 5.82 Å². The van der Waals surface area contributed by atoms with Crippen LogP contribution in [0.1, 0.15) is 36.9 Å². The largest absolute Gasteiger partial charge is 0.399 e. The SMILES string of the molecule is Nc1ccc(-c2cnc(NC(=O)Cc3ccc(I)cc3)c(CC3CCCC3)n2)cc1. The molecule has 3 N–H and O–H groups in total. The number of halogens is 1. The van der Waals surface area contributed by atoms with Gasteiger partial charge in [0.25, 0.3) is 0 Å². The smallest absolute Gasteiger partial charge is 0.229 e. The Morgan fingerprint density at radius 2 is 1.77 bits per heavy atom. The van der Waals surface area contributed by atoms with Crippen molar-refractivity contribution in [1.29, 1.82) is 0 Å². The summed E-state index contributed by atoms with van der Waals surface area (Å²) in [5, 5.41) is 3.00. The van der Waals surface area contributed by atoms with Crippen LogP contribution >= 0.6 is 22.6 Å². The van der Waals surface area contributed by atoms with Crippen molar-refractivity contribution in [2.24, 2.45) is 5.92 Å². The Bertz CT molecular complexity index is 1010. The van der Waals surface area contributed by atoms with E-state index in [0.717, 1.165) is 38.2 Å². The number of hydrogen-bond acceptors (Lipinski definition) is 4. The molecule has 4 rings (SSSR count). The fourth-order valence-corrected chi connectivity index (χ4v) is 4.28. The molecule has 0 unspecified atom stereocenters. The predicted octanol–water partition coefficient (Wildman–Crippen LogP) is 5.24. The molecule has 0 saturated heterocycles. The molecule has 5 nitrogen and oxygen atoms in total. The lowest BCUT2D eigenvalue weighted by Crippen LogP contribution is -2.18. The first-order chi connectivity index (χ1) is 14.6. The number of nitrogens with one attached hydrogen (secondary N) is 1. The number of amides is 1. The average Bonchev–Trinajstić information content (AvgIpc) is 3.25. The van der Waals surface area contributed by atoms with E-state index >= 15 is 0 Å². The number of carbonyl (C=O) groups excluding carboxylic acids is 1.